The van der Waals surface area contributed by atoms with Crippen molar-refractivity contribution in [1.82, 2.24) is 9.62 Å². The van der Waals surface area contributed by atoms with E-state index in [1.54, 1.807) is 6.92 Å². The zero-order valence-corrected chi connectivity index (χ0v) is 13.4. The molecule has 0 amide bonds. The van der Waals surface area contributed by atoms with E-state index in [-0.39, 0.29) is 4.90 Å². The summed E-state index contributed by atoms with van der Waals surface area (Å²) in [4.78, 5) is 0.0382. The van der Waals surface area contributed by atoms with Crippen molar-refractivity contribution in [2.45, 2.75) is 31.6 Å². The Morgan fingerprint density at radius 1 is 1.43 bits per heavy atom. The molecule has 1 fully saturated rings. The number of nitrogens with zero attached hydrogens (tertiary/aromatic N) is 1. The summed E-state index contributed by atoms with van der Waals surface area (Å²) in [7, 11) is -3.62. The van der Waals surface area contributed by atoms with Crippen LogP contribution in [0.4, 0.5) is 4.39 Å². The van der Waals surface area contributed by atoms with E-state index in [0.29, 0.717) is 24.6 Å². The van der Waals surface area contributed by atoms with Crippen LogP contribution in [0.25, 0.3) is 0 Å². The number of piperidine rings is 1. The van der Waals surface area contributed by atoms with Gasteiger partial charge in [0.05, 0.1) is 4.90 Å². The molecule has 1 aromatic carbocycles. The standard InChI is InChI=1S/C15H23FN2O2S/c1-3-18(11-13-5-4-8-17-10-13)21(19,20)14-7-6-12(2)15(16)9-14/h6-7,9,13,17H,3-5,8,10-11H2,1-2H3. The summed E-state index contributed by atoms with van der Waals surface area (Å²) in [6, 6.07) is 4.11. The summed E-state index contributed by atoms with van der Waals surface area (Å²) in [6.07, 6.45) is 2.10. The van der Waals surface area contributed by atoms with Crippen LogP contribution in [0.3, 0.4) is 0 Å². The Balaban J connectivity index is 2.19. The molecule has 118 valence electrons. The molecule has 1 heterocycles. The van der Waals surface area contributed by atoms with Crippen molar-refractivity contribution in [2.75, 3.05) is 26.2 Å². The number of benzene rings is 1. The van der Waals surface area contributed by atoms with Gasteiger partial charge in [-0.1, -0.05) is 13.0 Å². The van der Waals surface area contributed by atoms with Crippen molar-refractivity contribution in [3.63, 3.8) is 0 Å². The van der Waals surface area contributed by atoms with Crippen LogP contribution < -0.4 is 5.32 Å². The summed E-state index contributed by atoms with van der Waals surface area (Å²) in [5.74, 6) is -0.157. The Hall–Kier alpha value is -0.980. The molecule has 0 bridgehead atoms. The smallest absolute Gasteiger partial charge is 0.243 e. The molecule has 1 unspecified atom stereocenters. The van der Waals surface area contributed by atoms with E-state index >= 15 is 0 Å². The average molecular weight is 314 g/mol. The highest BCUT2D eigenvalue weighted by atomic mass is 32.2. The number of rotatable bonds is 5. The first-order valence-corrected chi connectivity index (χ1v) is 8.86. The fourth-order valence-corrected chi connectivity index (χ4v) is 4.19. The predicted molar refractivity (Wildman–Crippen MR) is 81.2 cm³/mol. The van der Waals surface area contributed by atoms with Crippen LogP contribution in [0.2, 0.25) is 0 Å². The monoisotopic (exact) mass is 314 g/mol. The average Bonchev–Trinajstić information content (AvgIpc) is 2.48. The van der Waals surface area contributed by atoms with Crippen LogP contribution in [0.15, 0.2) is 23.1 Å². The van der Waals surface area contributed by atoms with Crippen LogP contribution in [-0.2, 0) is 10.0 Å². The highest BCUT2D eigenvalue weighted by Gasteiger charge is 2.27. The zero-order valence-electron chi connectivity index (χ0n) is 12.6. The summed E-state index contributed by atoms with van der Waals surface area (Å²) in [6.45, 7) is 6.16. The Labute approximate surface area is 126 Å². The highest BCUT2D eigenvalue weighted by Crippen LogP contribution is 2.21. The van der Waals surface area contributed by atoms with E-state index in [9.17, 15) is 12.8 Å². The molecule has 0 aliphatic carbocycles. The molecule has 2 rings (SSSR count). The fourth-order valence-electron chi connectivity index (χ4n) is 2.65. The summed E-state index contributed by atoms with van der Waals surface area (Å²) in [5.41, 5.74) is 0.452. The molecular formula is C15H23FN2O2S. The minimum absolute atomic E-state index is 0.0382. The van der Waals surface area contributed by atoms with Crippen molar-refractivity contribution in [2.24, 2.45) is 5.92 Å². The third-order valence-electron chi connectivity index (χ3n) is 3.99. The van der Waals surface area contributed by atoms with Crippen LogP contribution in [0.1, 0.15) is 25.3 Å². The van der Waals surface area contributed by atoms with E-state index in [2.05, 4.69) is 5.32 Å². The van der Waals surface area contributed by atoms with Gasteiger partial charge in [-0.05, 0) is 56.5 Å². The molecule has 0 aromatic heterocycles. The van der Waals surface area contributed by atoms with Crippen molar-refractivity contribution in [3.8, 4) is 0 Å². The van der Waals surface area contributed by atoms with Gasteiger partial charge >= 0.3 is 0 Å². The molecule has 1 saturated heterocycles. The Morgan fingerprint density at radius 3 is 2.76 bits per heavy atom. The van der Waals surface area contributed by atoms with Gasteiger partial charge in [-0.3, -0.25) is 0 Å². The molecular weight excluding hydrogens is 291 g/mol. The van der Waals surface area contributed by atoms with Crippen molar-refractivity contribution >= 4 is 10.0 Å². The summed E-state index contributed by atoms with van der Waals surface area (Å²) < 4.78 is 40.4. The van der Waals surface area contributed by atoms with Gasteiger partial charge in [0.1, 0.15) is 5.82 Å². The number of sulfonamides is 1. The molecule has 0 radical (unpaired) electrons. The van der Waals surface area contributed by atoms with E-state index in [4.69, 9.17) is 0 Å². The summed E-state index contributed by atoms with van der Waals surface area (Å²) in [5, 5.41) is 3.29. The van der Waals surface area contributed by atoms with Crippen LogP contribution in [0, 0.1) is 18.7 Å². The number of halogens is 1. The lowest BCUT2D eigenvalue weighted by atomic mass is 10.00. The van der Waals surface area contributed by atoms with Gasteiger partial charge in [0.25, 0.3) is 0 Å². The Bertz CT molecular complexity index is 583. The molecule has 4 nitrogen and oxygen atoms in total. The van der Waals surface area contributed by atoms with Gasteiger partial charge in [-0.2, -0.15) is 4.31 Å². The SMILES string of the molecule is CCN(CC1CCCNC1)S(=O)(=O)c1ccc(C)c(F)c1. The van der Waals surface area contributed by atoms with Gasteiger partial charge in [-0.25, -0.2) is 12.8 Å². The van der Waals surface area contributed by atoms with Gasteiger partial charge in [0.2, 0.25) is 10.0 Å². The number of hydrogen-bond donors (Lipinski definition) is 1. The normalized spacial score (nSPS) is 19.9. The topological polar surface area (TPSA) is 49.4 Å². The van der Waals surface area contributed by atoms with E-state index in [1.807, 2.05) is 6.92 Å². The number of aryl methyl sites for hydroxylation is 1. The minimum Gasteiger partial charge on any atom is -0.316 e. The third-order valence-corrected chi connectivity index (χ3v) is 5.93. The second kappa shape index (κ2) is 6.85. The molecule has 21 heavy (non-hydrogen) atoms. The lowest BCUT2D eigenvalue weighted by Crippen LogP contribution is -2.41. The molecule has 1 atom stereocenters. The maximum Gasteiger partial charge on any atom is 0.243 e. The van der Waals surface area contributed by atoms with Crippen LogP contribution in [-0.4, -0.2) is 38.9 Å². The first kappa shape index (κ1) is 16.4. The van der Waals surface area contributed by atoms with Crippen molar-refractivity contribution in [3.05, 3.63) is 29.6 Å². The van der Waals surface area contributed by atoms with Gasteiger partial charge in [0.15, 0.2) is 0 Å². The second-order valence-corrected chi connectivity index (χ2v) is 7.52. The Morgan fingerprint density at radius 2 is 2.19 bits per heavy atom. The summed E-state index contributed by atoms with van der Waals surface area (Å²) >= 11 is 0. The maximum atomic E-state index is 13.6. The lowest BCUT2D eigenvalue weighted by Gasteiger charge is -2.29. The Kier molecular flexibility index (Phi) is 5.35. The van der Waals surface area contributed by atoms with Crippen LogP contribution >= 0.6 is 0 Å². The van der Waals surface area contributed by atoms with E-state index in [1.165, 1.54) is 16.4 Å². The predicted octanol–water partition coefficient (Wildman–Crippen LogP) is 2.14. The molecule has 0 spiro atoms. The number of hydrogen-bond acceptors (Lipinski definition) is 3. The third kappa shape index (κ3) is 3.81. The number of nitrogens with one attached hydrogen (secondary N) is 1. The van der Waals surface area contributed by atoms with Crippen LogP contribution in [0.5, 0.6) is 0 Å². The maximum absolute atomic E-state index is 13.6. The van der Waals surface area contributed by atoms with E-state index in [0.717, 1.165) is 32.0 Å². The second-order valence-electron chi connectivity index (χ2n) is 5.58. The largest absolute Gasteiger partial charge is 0.316 e. The molecule has 1 aliphatic rings. The quantitative estimate of drug-likeness (QED) is 0.906. The fraction of sp³-hybridized carbons (Fsp3) is 0.600. The molecule has 6 heteroatoms. The van der Waals surface area contributed by atoms with E-state index < -0.39 is 15.8 Å². The van der Waals surface area contributed by atoms with Crippen molar-refractivity contribution in [1.29, 1.82) is 0 Å². The lowest BCUT2D eigenvalue weighted by molar-refractivity contribution is 0.297. The molecule has 1 aromatic rings. The molecule has 1 aliphatic heterocycles. The highest BCUT2D eigenvalue weighted by molar-refractivity contribution is 7.89. The first-order valence-electron chi connectivity index (χ1n) is 7.42. The van der Waals surface area contributed by atoms with Gasteiger partial charge in [-0.15, -0.1) is 0 Å². The molecule has 1 N–H and O–H groups in total. The first-order chi connectivity index (χ1) is 9.95. The minimum atomic E-state index is -3.62. The molecule has 0 saturated carbocycles. The zero-order chi connectivity index (χ0) is 15.5. The van der Waals surface area contributed by atoms with Gasteiger partial charge < -0.3 is 5.32 Å². The van der Waals surface area contributed by atoms with Crippen molar-refractivity contribution < 1.29 is 12.8 Å². The van der Waals surface area contributed by atoms with Gasteiger partial charge in [0, 0.05) is 13.1 Å².